The molecule has 0 N–H and O–H groups in total. The fourth-order valence-electron chi connectivity index (χ4n) is 10.7. The predicted molar refractivity (Wildman–Crippen MR) is 354 cm³/mol. The zero-order valence-electron chi connectivity index (χ0n) is 52.9. The molecule has 2 atom stereocenters. The molecule has 12 heteroatoms. The quantitative estimate of drug-likeness (QED) is 0.0886. The van der Waals surface area contributed by atoms with Crippen molar-refractivity contribution < 1.29 is 104 Å². The Kier molecular flexibility index (Phi) is 33.9. The Morgan fingerprint density at radius 3 is 0.660 bits per heavy atom. The summed E-state index contributed by atoms with van der Waals surface area (Å²) in [5.74, 6) is 13.0. The van der Waals surface area contributed by atoms with Gasteiger partial charge in [0.2, 0.25) is 0 Å². The number of aliphatic imine (C=N–C) groups is 2. The van der Waals surface area contributed by atoms with Gasteiger partial charge in [0, 0.05) is 92.8 Å². The van der Waals surface area contributed by atoms with Gasteiger partial charge in [-0.05, 0) is 70.2 Å². The molecule has 2 heterocycles. The first-order chi connectivity index (χ1) is 43.9. The summed E-state index contributed by atoms with van der Waals surface area (Å²) >= 11 is 0. The molecule has 0 saturated heterocycles. The Hall–Kier alpha value is -6.02. The van der Waals surface area contributed by atoms with Gasteiger partial charge in [0.05, 0.1) is 12.1 Å². The van der Waals surface area contributed by atoms with Crippen LogP contribution in [0.15, 0.2) is 253 Å². The van der Waals surface area contributed by atoms with Crippen LogP contribution in [0.5, 0.6) is 0 Å². The smallest absolute Gasteiger partial charge is 0.550 e. The van der Waals surface area contributed by atoms with E-state index in [4.69, 9.17) is 29.3 Å². The third-order valence-electron chi connectivity index (χ3n) is 15.0. The van der Waals surface area contributed by atoms with Crippen molar-refractivity contribution >= 4 is 23.7 Å². The van der Waals surface area contributed by atoms with Crippen LogP contribution in [-0.2, 0) is 93.5 Å². The molecule has 6 aliphatic rings. The minimum Gasteiger partial charge on any atom is -0.550 e. The third kappa shape index (κ3) is 21.5. The maximum atomic E-state index is 8.89. The summed E-state index contributed by atoms with van der Waals surface area (Å²) < 4.78 is 11.0. The molecule has 2 aliphatic heterocycles. The van der Waals surface area contributed by atoms with Crippen LogP contribution in [0.25, 0.3) is 0 Å². The molecule has 0 amide bonds. The second-order valence-corrected chi connectivity index (χ2v) is 22.2. The van der Waals surface area contributed by atoms with Crippen molar-refractivity contribution in [3.8, 4) is 0 Å². The molecule has 14 rings (SSSR count). The summed E-state index contributed by atoms with van der Waals surface area (Å²) in [5.41, 5.74) is 10.1. The molecule has 484 valence electrons. The van der Waals surface area contributed by atoms with E-state index in [2.05, 4.69) is 293 Å². The van der Waals surface area contributed by atoms with Crippen LogP contribution >= 0.6 is 0 Å². The zero-order chi connectivity index (χ0) is 63.2. The molecule has 0 unspecified atom stereocenters. The van der Waals surface area contributed by atoms with Crippen molar-refractivity contribution in [2.75, 3.05) is 13.2 Å². The van der Waals surface area contributed by atoms with E-state index >= 15 is 0 Å². The fraction of sp³-hybridized carbons (Fsp3) is 0.146. The zero-order valence-corrected chi connectivity index (χ0v) is 58.1. The topological polar surface area (TPSA) is 123 Å². The number of benzene rings is 8. The molecule has 20 radical (unpaired) electrons. The Balaban J connectivity index is 0.000000226. The van der Waals surface area contributed by atoms with E-state index in [1.807, 2.05) is 38.5 Å². The van der Waals surface area contributed by atoms with E-state index in [0.29, 0.717) is 37.1 Å². The van der Waals surface area contributed by atoms with Crippen molar-refractivity contribution in [1.29, 1.82) is 0 Å². The number of ether oxygens (including phenoxy) is 2. The number of hydrogen-bond acceptors (Lipinski definition) is 8. The van der Waals surface area contributed by atoms with E-state index in [1.54, 1.807) is 0 Å². The molecule has 0 aromatic heterocycles. The van der Waals surface area contributed by atoms with E-state index < -0.39 is 11.9 Å². The second kappa shape index (κ2) is 40.5. The summed E-state index contributed by atoms with van der Waals surface area (Å²) in [5, 5.41) is 17.8. The van der Waals surface area contributed by atoms with Crippen LogP contribution in [0.2, 0.25) is 0 Å². The summed E-state index contributed by atoms with van der Waals surface area (Å²) in [6.07, 6.45) is 17.8. The maximum Gasteiger partial charge on any atom is 2.00 e. The molecule has 94 heavy (non-hydrogen) atoms. The summed E-state index contributed by atoms with van der Waals surface area (Å²) in [6.45, 7) is 12.0. The van der Waals surface area contributed by atoms with Gasteiger partial charge in [-0.2, -0.15) is 0 Å². The Bertz CT molecular complexity index is 2850. The number of nitrogens with zero attached hydrogens (tertiary/aromatic N) is 2. The number of carboxylic acids is 2. The van der Waals surface area contributed by atoms with Crippen molar-refractivity contribution in [1.82, 2.24) is 0 Å². The van der Waals surface area contributed by atoms with Gasteiger partial charge >= 0.3 is 40.8 Å². The van der Waals surface area contributed by atoms with Gasteiger partial charge in [-0.1, -0.05) is 296 Å². The van der Waals surface area contributed by atoms with Gasteiger partial charge in [-0.25, -0.2) is 12.8 Å². The van der Waals surface area contributed by atoms with Crippen LogP contribution in [0.1, 0.15) is 86.1 Å². The van der Waals surface area contributed by atoms with E-state index in [1.165, 1.54) is 91.9 Å². The number of carboxylic acid groups (broad SMARTS) is 2. The Labute approximate surface area is 608 Å². The second-order valence-electron chi connectivity index (χ2n) is 22.2. The molecular formula is C82H72Co2N2O6Pd2. The van der Waals surface area contributed by atoms with Gasteiger partial charge in [0.25, 0.3) is 0 Å². The SMILES string of the molecule is CC(=O)[O-].CC(=O)[O-].CC(C)[C@H]1COC([C]2[C-][CH][CH][CH]2)=N1.CC(C)[C@H]1COC([C]2[C-][CH][CH][CH]2)=N1.[Co].[Co].[Pd+2].[Pd+2].c1ccc([C]2[C](c3ccccc3)[C](c3ccccc3)[C]2c2ccccc2)cc1.c1ccc([C]2[C](c3ccccc3)[C](c3ccccc3)[C]2c2ccccc2)cc1. The number of aliphatic carboxylic acids is 2. The first-order valence-corrected chi connectivity index (χ1v) is 30.3. The largest absolute Gasteiger partial charge is 2.00 e. The molecule has 4 aliphatic carbocycles. The van der Waals surface area contributed by atoms with Crippen LogP contribution in [0, 0.1) is 122 Å². The number of carbonyl (C=O) groups excluding carboxylic acids is 2. The minimum atomic E-state index is -1.08. The molecule has 0 spiro atoms. The third-order valence-corrected chi connectivity index (χ3v) is 15.0. The summed E-state index contributed by atoms with van der Waals surface area (Å²) in [4.78, 5) is 26.8. The summed E-state index contributed by atoms with van der Waals surface area (Å²) in [6, 6.07) is 86.5. The minimum absolute atomic E-state index is 0. The first-order valence-electron chi connectivity index (χ1n) is 30.3. The molecular weight excluding hydrogens is 1440 g/mol. The van der Waals surface area contributed by atoms with E-state index in [0.717, 1.165) is 37.5 Å². The summed E-state index contributed by atoms with van der Waals surface area (Å²) in [7, 11) is 0. The van der Waals surface area contributed by atoms with Crippen molar-refractivity contribution in [2.24, 2.45) is 21.8 Å². The average Bonchev–Trinajstić information content (AvgIpc) is 0.885. The van der Waals surface area contributed by atoms with Crippen LogP contribution in [-0.4, -0.2) is 49.0 Å². The molecule has 0 bridgehead atoms. The van der Waals surface area contributed by atoms with Crippen molar-refractivity contribution in [3.63, 3.8) is 0 Å². The first kappa shape index (κ1) is 78.7. The number of rotatable bonds is 12. The molecule has 4 saturated carbocycles. The molecule has 4 fully saturated rings. The van der Waals surface area contributed by atoms with Gasteiger partial charge in [0.1, 0.15) is 13.2 Å². The van der Waals surface area contributed by atoms with Crippen LogP contribution < -0.4 is 10.2 Å². The normalized spacial score (nSPS) is 18.2. The van der Waals surface area contributed by atoms with Gasteiger partial charge in [-0.15, -0.1) is 11.8 Å². The van der Waals surface area contributed by atoms with Crippen molar-refractivity contribution in [3.05, 3.63) is 398 Å². The molecule has 8 aromatic rings. The Morgan fingerprint density at radius 2 is 0.532 bits per heavy atom. The predicted octanol–water partition coefficient (Wildman–Crippen LogP) is 13.9. The fourth-order valence-corrected chi connectivity index (χ4v) is 10.7. The standard InChI is InChI=1S/2C28H20.2C11H13NO.2C2H4O2.2Co.2Pd/c2*1-5-13-21(14-6-1)25-26(22-15-7-2-8-16-22)28(24-19-11-4-12-20-24)27(25)23-17-9-3-10-18-23;2*1-8(2)10-7-13-11(12-10)9-5-3-4-6-9;2*1-2(3)4;;;;/h2*1-20H;2*3-5,8,10H,7H2,1-2H3;2*1H3,(H,3,4);;;;/q;;2*-1;;;;;2*+2/p-2/t;;2*10-;;;;;;/m..11....../s1. The Morgan fingerprint density at radius 1 is 0.362 bits per heavy atom. The number of carbonyl (C=O) groups is 2. The average molecular weight is 1510 g/mol. The van der Waals surface area contributed by atoms with Crippen LogP contribution in [0.3, 0.4) is 0 Å². The maximum absolute atomic E-state index is 8.89. The number of hydrogen-bond donors (Lipinski definition) is 0. The molecule has 8 nitrogen and oxygen atoms in total. The van der Waals surface area contributed by atoms with Gasteiger partial charge in [-0.3, -0.25) is 9.98 Å². The monoisotopic (exact) mass is 1510 g/mol. The van der Waals surface area contributed by atoms with Crippen LogP contribution in [0.4, 0.5) is 0 Å². The van der Waals surface area contributed by atoms with E-state index in [-0.39, 0.29) is 74.4 Å². The van der Waals surface area contributed by atoms with Gasteiger partial charge < -0.3 is 42.1 Å². The molecule has 8 aromatic carbocycles. The van der Waals surface area contributed by atoms with E-state index in [9.17, 15) is 0 Å². The van der Waals surface area contributed by atoms with Gasteiger partial charge in [0.15, 0.2) is 11.8 Å². The van der Waals surface area contributed by atoms with Crippen molar-refractivity contribution in [2.45, 2.75) is 53.6 Å².